The third-order valence-corrected chi connectivity index (χ3v) is 4.07. The van der Waals surface area contributed by atoms with E-state index in [1.807, 2.05) is 0 Å². The number of amides is 1. The van der Waals surface area contributed by atoms with Crippen LogP contribution in [0.25, 0.3) is 0 Å². The summed E-state index contributed by atoms with van der Waals surface area (Å²) in [5.41, 5.74) is -1.01. The zero-order valence-corrected chi connectivity index (χ0v) is 12.1. The molecule has 0 aromatic rings. The van der Waals surface area contributed by atoms with E-state index in [4.69, 9.17) is 14.2 Å². The van der Waals surface area contributed by atoms with Crippen molar-refractivity contribution < 1.29 is 23.8 Å². The Morgan fingerprint density at radius 2 is 1.95 bits per heavy atom. The molecule has 110 valence electrons. The highest BCUT2D eigenvalue weighted by atomic mass is 16.5. The van der Waals surface area contributed by atoms with Gasteiger partial charge in [0.25, 0.3) is 0 Å². The molecule has 0 bridgehead atoms. The quantitative estimate of drug-likeness (QED) is 0.723. The normalized spacial score (nSPS) is 29.1. The maximum Gasteiger partial charge on any atom is 0.317 e. The molecule has 2 aliphatic rings. The summed E-state index contributed by atoms with van der Waals surface area (Å²) in [5, 5.41) is 0. The Kier molecular flexibility index (Phi) is 3.74. The highest BCUT2D eigenvalue weighted by Gasteiger charge is 2.55. The second-order valence-corrected chi connectivity index (χ2v) is 4.98. The van der Waals surface area contributed by atoms with Gasteiger partial charge in [-0.05, 0) is 6.08 Å². The Hall–Kier alpha value is -1.98. The van der Waals surface area contributed by atoms with Crippen molar-refractivity contribution in [3.05, 3.63) is 23.8 Å². The minimum Gasteiger partial charge on any atom is -0.498 e. The first-order valence-corrected chi connectivity index (χ1v) is 6.34. The van der Waals surface area contributed by atoms with Crippen molar-refractivity contribution in [3.8, 4) is 0 Å². The molecular weight excluding hydrogens is 262 g/mol. The molecule has 0 spiro atoms. The van der Waals surface area contributed by atoms with Gasteiger partial charge >= 0.3 is 5.97 Å². The topological polar surface area (TPSA) is 65.1 Å². The van der Waals surface area contributed by atoms with E-state index in [-0.39, 0.29) is 12.3 Å². The van der Waals surface area contributed by atoms with Crippen LogP contribution in [0.15, 0.2) is 23.8 Å². The number of esters is 1. The van der Waals surface area contributed by atoms with Gasteiger partial charge in [0, 0.05) is 26.1 Å². The molecule has 2 rings (SSSR count). The molecule has 1 aliphatic heterocycles. The summed E-state index contributed by atoms with van der Waals surface area (Å²) >= 11 is 0. The zero-order chi connectivity index (χ0) is 14.9. The number of allylic oxidation sites excluding steroid dienone is 2. The average molecular weight is 281 g/mol. The Morgan fingerprint density at radius 3 is 2.50 bits per heavy atom. The van der Waals surface area contributed by atoms with Gasteiger partial charge < -0.3 is 19.1 Å². The van der Waals surface area contributed by atoms with Crippen LogP contribution < -0.4 is 0 Å². The highest BCUT2D eigenvalue weighted by molar-refractivity contribution is 5.92. The summed E-state index contributed by atoms with van der Waals surface area (Å²) in [4.78, 5) is 26.1. The van der Waals surface area contributed by atoms with E-state index in [1.165, 1.54) is 26.2 Å². The molecule has 20 heavy (non-hydrogen) atoms. The SMILES string of the molecule is COC(=O)[C@@]12C=CN(C)C(=O)[C@H]1CC(OC)=C(OC)C2. The van der Waals surface area contributed by atoms with E-state index in [0.29, 0.717) is 17.9 Å². The molecule has 0 aromatic heterocycles. The maximum absolute atomic E-state index is 12.4. The summed E-state index contributed by atoms with van der Waals surface area (Å²) in [6.07, 6.45) is 3.93. The van der Waals surface area contributed by atoms with Gasteiger partial charge in [0.15, 0.2) is 0 Å². The van der Waals surface area contributed by atoms with Crippen LogP contribution >= 0.6 is 0 Å². The molecular formula is C14H19NO5. The third kappa shape index (κ3) is 1.95. The molecule has 6 nitrogen and oxygen atoms in total. The van der Waals surface area contributed by atoms with Crippen LogP contribution in [0.2, 0.25) is 0 Å². The van der Waals surface area contributed by atoms with Gasteiger partial charge in [0.1, 0.15) is 16.9 Å². The second-order valence-electron chi connectivity index (χ2n) is 4.98. The predicted molar refractivity (Wildman–Crippen MR) is 70.1 cm³/mol. The standard InChI is InChI=1S/C14H19NO5/c1-15-6-5-14(13(17)20-4)8-11(19-3)10(18-2)7-9(14)12(15)16/h5-6,9H,7-8H2,1-4H3/t9-,14-/m1/s1. The predicted octanol–water partition coefficient (Wildman–Crippen LogP) is 1.05. The van der Waals surface area contributed by atoms with E-state index in [0.717, 1.165) is 0 Å². The maximum atomic E-state index is 12.4. The number of methoxy groups -OCH3 is 3. The van der Waals surface area contributed by atoms with Crippen molar-refractivity contribution in [1.82, 2.24) is 4.90 Å². The number of fused-ring (bicyclic) bond motifs is 1. The first-order chi connectivity index (χ1) is 9.50. The molecule has 6 heteroatoms. The molecule has 0 saturated heterocycles. The van der Waals surface area contributed by atoms with Gasteiger partial charge in [0.05, 0.1) is 27.2 Å². The Bertz CT molecular complexity index is 496. The van der Waals surface area contributed by atoms with Crippen molar-refractivity contribution in [2.45, 2.75) is 12.8 Å². The van der Waals surface area contributed by atoms with E-state index >= 15 is 0 Å². The minimum absolute atomic E-state index is 0.123. The van der Waals surface area contributed by atoms with Crippen LogP contribution in [0.5, 0.6) is 0 Å². The van der Waals surface area contributed by atoms with Crippen LogP contribution in [0, 0.1) is 11.3 Å². The molecule has 1 heterocycles. The van der Waals surface area contributed by atoms with E-state index in [9.17, 15) is 9.59 Å². The lowest BCUT2D eigenvalue weighted by atomic mass is 9.65. The minimum atomic E-state index is -1.01. The van der Waals surface area contributed by atoms with Crippen LogP contribution in [0.1, 0.15) is 12.8 Å². The Labute approximate surface area is 118 Å². The van der Waals surface area contributed by atoms with Crippen molar-refractivity contribution in [3.63, 3.8) is 0 Å². The highest BCUT2D eigenvalue weighted by Crippen LogP contribution is 2.48. The van der Waals surface area contributed by atoms with Crippen molar-refractivity contribution in [2.75, 3.05) is 28.4 Å². The van der Waals surface area contributed by atoms with Gasteiger partial charge in [-0.3, -0.25) is 9.59 Å². The summed E-state index contributed by atoms with van der Waals surface area (Å²) in [6, 6.07) is 0. The number of rotatable bonds is 3. The zero-order valence-electron chi connectivity index (χ0n) is 12.1. The fourth-order valence-corrected chi connectivity index (χ4v) is 2.87. The second kappa shape index (κ2) is 5.19. The van der Waals surface area contributed by atoms with Gasteiger partial charge in [-0.15, -0.1) is 0 Å². The monoisotopic (exact) mass is 281 g/mol. The van der Waals surface area contributed by atoms with E-state index < -0.39 is 17.3 Å². The summed E-state index contributed by atoms with van der Waals surface area (Å²) in [5.74, 6) is 0.108. The molecule has 0 N–H and O–H groups in total. The largest absolute Gasteiger partial charge is 0.498 e. The molecule has 0 fully saturated rings. The molecule has 0 saturated carbocycles. The number of carbonyl (C=O) groups excluding carboxylic acids is 2. The Morgan fingerprint density at radius 1 is 1.30 bits per heavy atom. The van der Waals surface area contributed by atoms with Gasteiger partial charge in [-0.1, -0.05) is 0 Å². The third-order valence-electron chi connectivity index (χ3n) is 4.07. The summed E-state index contributed by atoms with van der Waals surface area (Å²) in [7, 11) is 6.06. The van der Waals surface area contributed by atoms with Crippen molar-refractivity contribution in [1.29, 1.82) is 0 Å². The average Bonchev–Trinajstić information content (AvgIpc) is 2.49. The number of hydrogen-bond acceptors (Lipinski definition) is 5. The number of carbonyl (C=O) groups is 2. The molecule has 1 amide bonds. The van der Waals surface area contributed by atoms with Gasteiger partial charge in [-0.2, -0.15) is 0 Å². The van der Waals surface area contributed by atoms with Gasteiger partial charge in [0.2, 0.25) is 5.91 Å². The van der Waals surface area contributed by atoms with Crippen LogP contribution in [0.4, 0.5) is 0 Å². The number of nitrogens with zero attached hydrogens (tertiary/aromatic N) is 1. The molecule has 0 aromatic carbocycles. The van der Waals surface area contributed by atoms with Crippen LogP contribution in [-0.4, -0.2) is 45.2 Å². The first kappa shape index (κ1) is 14.4. The number of hydrogen-bond donors (Lipinski definition) is 0. The van der Waals surface area contributed by atoms with Crippen LogP contribution in [0.3, 0.4) is 0 Å². The fourth-order valence-electron chi connectivity index (χ4n) is 2.87. The number of ether oxygens (including phenoxy) is 3. The first-order valence-electron chi connectivity index (χ1n) is 6.34. The lowest BCUT2D eigenvalue weighted by Gasteiger charge is -2.43. The molecule has 0 radical (unpaired) electrons. The lowest BCUT2D eigenvalue weighted by Crippen LogP contribution is -2.51. The summed E-state index contributed by atoms with van der Waals surface area (Å²) in [6.45, 7) is 0. The molecule has 2 atom stereocenters. The molecule has 0 unspecified atom stereocenters. The Balaban J connectivity index is 2.53. The smallest absolute Gasteiger partial charge is 0.317 e. The van der Waals surface area contributed by atoms with Gasteiger partial charge in [-0.25, -0.2) is 0 Å². The lowest BCUT2D eigenvalue weighted by molar-refractivity contribution is -0.161. The molecule has 1 aliphatic carbocycles. The van der Waals surface area contributed by atoms with Crippen LogP contribution in [-0.2, 0) is 23.8 Å². The van der Waals surface area contributed by atoms with Crippen molar-refractivity contribution in [2.24, 2.45) is 11.3 Å². The van der Waals surface area contributed by atoms with Crippen molar-refractivity contribution >= 4 is 11.9 Å². The van der Waals surface area contributed by atoms with E-state index in [2.05, 4.69) is 0 Å². The van der Waals surface area contributed by atoms with E-state index in [1.54, 1.807) is 19.3 Å². The summed E-state index contributed by atoms with van der Waals surface area (Å²) < 4.78 is 15.5. The fraction of sp³-hybridized carbons (Fsp3) is 0.571.